The van der Waals surface area contributed by atoms with E-state index in [4.69, 9.17) is 4.42 Å². The molecule has 0 bridgehead atoms. The van der Waals surface area contributed by atoms with Crippen molar-refractivity contribution in [2.45, 2.75) is 35.9 Å². The fourth-order valence-corrected chi connectivity index (χ4v) is 3.98. The Morgan fingerprint density at radius 3 is 2.92 bits per heavy atom. The number of nitrogens with zero attached hydrogens (tertiary/aromatic N) is 2. The molecule has 1 atom stereocenters. The number of carbonyl (C=O) groups is 1. The summed E-state index contributed by atoms with van der Waals surface area (Å²) in [6.07, 6.45) is 2.32. The second-order valence-corrected chi connectivity index (χ2v) is 7.44. The SMILES string of the molecule is Cc1ccc(Sc2ccc(CN3CCc4[nH]cnc4C3C(=O)O)o2)cc1. The second kappa shape index (κ2) is 7.01. The first-order valence-corrected chi connectivity index (χ1v) is 9.24. The number of H-pyrrole nitrogens is 1. The Morgan fingerprint density at radius 1 is 1.35 bits per heavy atom. The highest BCUT2D eigenvalue weighted by Gasteiger charge is 2.35. The largest absolute Gasteiger partial charge is 0.480 e. The van der Waals surface area contributed by atoms with Gasteiger partial charge in [0.1, 0.15) is 5.76 Å². The molecule has 0 fully saturated rings. The number of hydrogen-bond acceptors (Lipinski definition) is 5. The normalized spacial score (nSPS) is 17.2. The molecule has 26 heavy (non-hydrogen) atoms. The summed E-state index contributed by atoms with van der Waals surface area (Å²) in [5.74, 6) is -0.135. The van der Waals surface area contributed by atoms with E-state index in [1.54, 1.807) is 18.1 Å². The molecule has 0 spiro atoms. The van der Waals surface area contributed by atoms with Crippen molar-refractivity contribution in [1.82, 2.24) is 14.9 Å². The van der Waals surface area contributed by atoms with Crippen LogP contribution >= 0.6 is 11.8 Å². The van der Waals surface area contributed by atoms with Crippen molar-refractivity contribution >= 4 is 17.7 Å². The van der Waals surface area contributed by atoms with Crippen LogP contribution in [0.2, 0.25) is 0 Å². The van der Waals surface area contributed by atoms with Crippen LogP contribution in [0.1, 0.15) is 28.8 Å². The summed E-state index contributed by atoms with van der Waals surface area (Å²) in [6.45, 7) is 3.15. The van der Waals surface area contributed by atoms with E-state index in [0.29, 0.717) is 18.8 Å². The number of furan rings is 1. The predicted molar refractivity (Wildman–Crippen MR) is 97.1 cm³/mol. The molecule has 1 aliphatic heterocycles. The van der Waals surface area contributed by atoms with E-state index in [2.05, 4.69) is 41.2 Å². The first-order chi connectivity index (χ1) is 12.6. The van der Waals surface area contributed by atoms with Crippen LogP contribution in [0, 0.1) is 6.92 Å². The Kier molecular flexibility index (Phi) is 4.57. The van der Waals surface area contributed by atoms with E-state index in [-0.39, 0.29) is 0 Å². The van der Waals surface area contributed by atoms with Gasteiger partial charge in [-0.1, -0.05) is 29.5 Å². The van der Waals surface area contributed by atoms with Gasteiger partial charge >= 0.3 is 5.97 Å². The van der Waals surface area contributed by atoms with Crippen LogP contribution < -0.4 is 0 Å². The molecule has 0 aliphatic carbocycles. The zero-order chi connectivity index (χ0) is 18.1. The number of carboxylic acid groups (broad SMARTS) is 1. The zero-order valence-electron chi connectivity index (χ0n) is 14.3. The Labute approximate surface area is 155 Å². The fourth-order valence-electron chi connectivity index (χ4n) is 3.19. The van der Waals surface area contributed by atoms with Gasteiger partial charge in [-0.25, -0.2) is 4.98 Å². The monoisotopic (exact) mass is 369 g/mol. The Bertz CT molecular complexity index is 916. The third kappa shape index (κ3) is 3.40. The van der Waals surface area contributed by atoms with E-state index in [1.165, 1.54) is 5.56 Å². The quantitative estimate of drug-likeness (QED) is 0.714. The van der Waals surface area contributed by atoms with E-state index in [0.717, 1.165) is 27.9 Å². The molecule has 1 unspecified atom stereocenters. The smallest absolute Gasteiger partial charge is 0.327 e. The van der Waals surface area contributed by atoms with E-state index < -0.39 is 12.0 Å². The van der Waals surface area contributed by atoms with Gasteiger partial charge in [-0.2, -0.15) is 0 Å². The average molecular weight is 369 g/mol. The first kappa shape index (κ1) is 16.9. The van der Waals surface area contributed by atoms with Gasteiger partial charge in [-0.3, -0.25) is 9.69 Å². The number of aryl methyl sites for hydroxylation is 1. The highest BCUT2D eigenvalue weighted by Crippen LogP contribution is 2.32. The van der Waals surface area contributed by atoms with Crippen LogP contribution in [0.3, 0.4) is 0 Å². The average Bonchev–Trinajstić information content (AvgIpc) is 3.25. The second-order valence-electron chi connectivity index (χ2n) is 6.36. The molecule has 0 radical (unpaired) electrons. The molecule has 7 heteroatoms. The van der Waals surface area contributed by atoms with Crippen LogP contribution in [0.5, 0.6) is 0 Å². The third-order valence-electron chi connectivity index (χ3n) is 4.49. The van der Waals surface area contributed by atoms with Crippen LogP contribution in [0.4, 0.5) is 0 Å². The zero-order valence-corrected chi connectivity index (χ0v) is 15.1. The summed E-state index contributed by atoms with van der Waals surface area (Å²) in [7, 11) is 0. The van der Waals surface area contributed by atoms with Crippen molar-refractivity contribution in [2.24, 2.45) is 0 Å². The lowest BCUT2D eigenvalue weighted by Crippen LogP contribution is -2.39. The number of aromatic amines is 1. The minimum atomic E-state index is -0.890. The summed E-state index contributed by atoms with van der Waals surface area (Å²) in [4.78, 5) is 22.0. The van der Waals surface area contributed by atoms with Crippen molar-refractivity contribution in [2.75, 3.05) is 6.54 Å². The molecule has 0 amide bonds. The molecular formula is C19H19N3O3S. The van der Waals surface area contributed by atoms with E-state index in [1.807, 2.05) is 17.0 Å². The number of rotatable bonds is 5. The molecule has 2 aromatic heterocycles. The van der Waals surface area contributed by atoms with Crippen LogP contribution in [0.25, 0.3) is 0 Å². The van der Waals surface area contributed by atoms with Gasteiger partial charge in [0.25, 0.3) is 0 Å². The number of carboxylic acids is 1. The van der Waals surface area contributed by atoms with Crippen molar-refractivity contribution in [3.8, 4) is 0 Å². The first-order valence-electron chi connectivity index (χ1n) is 8.42. The van der Waals surface area contributed by atoms with Gasteiger partial charge in [0.15, 0.2) is 11.1 Å². The Balaban J connectivity index is 1.48. The molecular weight excluding hydrogens is 350 g/mol. The highest BCUT2D eigenvalue weighted by atomic mass is 32.2. The predicted octanol–water partition coefficient (Wildman–Crippen LogP) is 3.65. The van der Waals surface area contributed by atoms with E-state index >= 15 is 0 Å². The standard InChI is InChI=1S/C19H19N3O3S/c1-12-2-5-14(6-3-12)26-16-7-4-13(25-16)10-22-9-8-15-17(21-11-20-15)18(22)19(23)24/h2-7,11,18H,8-10H2,1H3,(H,20,21)(H,23,24). The summed E-state index contributed by atoms with van der Waals surface area (Å²) in [5.41, 5.74) is 2.73. The van der Waals surface area contributed by atoms with Gasteiger partial charge in [0.05, 0.1) is 18.6 Å². The minimum absolute atomic E-state index is 0.442. The third-order valence-corrected chi connectivity index (χ3v) is 5.42. The molecule has 1 aromatic carbocycles. The molecule has 134 valence electrons. The lowest BCUT2D eigenvalue weighted by Gasteiger charge is -2.31. The number of aromatic nitrogens is 2. The number of hydrogen-bond donors (Lipinski definition) is 2. The molecule has 3 heterocycles. The lowest BCUT2D eigenvalue weighted by molar-refractivity contribution is -0.144. The summed E-state index contributed by atoms with van der Waals surface area (Å²) >= 11 is 1.56. The van der Waals surface area contributed by atoms with E-state index in [9.17, 15) is 9.90 Å². The number of fused-ring (bicyclic) bond motifs is 1. The topological polar surface area (TPSA) is 82.4 Å². The van der Waals surface area contributed by atoms with Crippen LogP contribution in [0.15, 0.2) is 57.1 Å². The van der Waals surface area contributed by atoms with Crippen molar-refractivity contribution in [1.29, 1.82) is 0 Å². The molecule has 0 saturated heterocycles. The maximum absolute atomic E-state index is 11.8. The number of benzene rings is 1. The molecule has 1 aliphatic rings. The van der Waals surface area contributed by atoms with Crippen LogP contribution in [-0.2, 0) is 17.8 Å². The maximum atomic E-state index is 11.8. The van der Waals surface area contributed by atoms with Gasteiger partial charge < -0.3 is 14.5 Å². The fraction of sp³-hybridized carbons (Fsp3) is 0.263. The Morgan fingerprint density at radius 2 is 2.15 bits per heavy atom. The molecule has 2 N–H and O–H groups in total. The summed E-state index contributed by atoms with van der Waals surface area (Å²) in [6, 6.07) is 11.4. The molecule has 0 saturated carbocycles. The van der Waals surface area contributed by atoms with Crippen molar-refractivity contribution < 1.29 is 14.3 Å². The van der Waals surface area contributed by atoms with Crippen molar-refractivity contribution in [3.05, 3.63) is 65.4 Å². The molecule has 6 nitrogen and oxygen atoms in total. The summed E-state index contributed by atoms with van der Waals surface area (Å²) in [5, 5.41) is 10.4. The maximum Gasteiger partial charge on any atom is 0.327 e. The van der Waals surface area contributed by atoms with Gasteiger partial charge in [0.2, 0.25) is 0 Å². The molecule has 4 rings (SSSR count). The molecule has 3 aromatic rings. The minimum Gasteiger partial charge on any atom is -0.480 e. The summed E-state index contributed by atoms with van der Waals surface area (Å²) < 4.78 is 5.92. The number of nitrogens with one attached hydrogen (secondary N) is 1. The van der Waals surface area contributed by atoms with Gasteiger partial charge in [-0.15, -0.1) is 0 Å². The number of imidazole rings is 1. The van der Waals surface area contributed by atoms with Crippen LogP contribution in [-0.4, -0.2) is 32.5 Å². The van der Waals surface area contributed by atoms with Gasteiger partial charge in [-0.05, 0) is 31.2 Å². The van der Waals surface area contributed by atoms with Crippen molar-refractivity contribution in [3.63, 3.8) is 0 Å². The number of aliphatic carboxylic acids is 1. The lowest BCUT2D eigenvalue weighted by atomic mass is 10.0. The highest BCUT2D eigenvalue weighted by molar-refractivity contribution is 7.99. The van der Waals surface area contributed by atoms with Gasteiger partial charge in [0, 0.05) is 23.6 Å². The Hall–Kier alpha value is -2.51.